The Kier molecular flexibility index (Phi) is 3.66. The van der Waals surface area contributed by atoms with Gasteiger partial charge in [-0.05, 0) is 18.2 Å². The molecule has 0 N–H and O–H groups in total. The van der Waals surface area contributed by atoms with Gasteiger partial charge in [0.25, 0.3) is 0 Å². The van der Waals surface area contributed by atoms with Crippen molar-refractivity contribution in [3.05, 3.63) is 36.2 Å². The van der Waals surface area contributed by atoms with Gasteiger partial charge >= 0.3 is 15.6 Å². The average molecular weight is 325 g/mol. The standard InChI is InChI=1S/C11H7F4NO4S/c1-6-16-9(5-19-6)7-2-3-10(8(12)4-7)20-21(17,18)11(13,14)15/h2-5H,1H3. The number of nitrogens with zero attached hydrogens (tertiary/aromatic N) is 1. The Morgan fingerprint density at radius 2 is 1.95 bits per heavy atom. The van der Waals surface area contributed by atoms with Gasteiger partial charge in [0.15, 0.2) is 17.5 Å². The molecule has 114 valence electrons. The minimum Gasteiger partial charge on any atom is -0.449 e. The minimum atomic E-state index is -5.92. The molecule has 2 rings (SSSR count). The highest BCUT2D eigenvalue weighted by atomic mass is 32.2. The Bertz CT molecular complexity index is 767. The van der Waals surface area contributed by atoms with Gasteiger partial charge in [-0.1, -0.05) is 0 Å². The van der Waals surface area contributed by atoms with Gasteiger partial charge in [0.05, 0.1) is 0 Å². The van der Waals surface area contributed by atoms with Crippen LogP contribution in [0.15, 0.2) is 28.9 Å². The van der Waals surface area contributed by atoms with E-state index in [0.717, 1.165) is 18.2 Å². The van der Waals surface area contributed by atoms with E-state index in [4.69, 9.17) is 4.42 Å². The Hall–Kier alpha value is -2.10. The van der Waals surface area contributed by atoms with Crippen LogP contribution in [0.4, 0.5) is 17.6 Å². The van der Waals surface area contributed by atoms with Crippen molar-refractivity contribution < 1.29 is 34.6 Å². The predicted octanol–water partition coefficient (Wildman–Crippen LogP) is 3.02. The van der Waals surface area contributed by atoms with Crippen LogP contribution in [0.25, 0.3) is 11.3 Å². The molecule has 0 atom stereocenters. The molecule has 0 radical (unpaired) electrons. The third-order valence-corrected chi connectivity index (χ3v) is 3.30. The van der Waals surface area contributed by atoms with Crippen LogP contribution in [-0.2, 0) is 10.1 Å². The zero-order valence-corrected chi connectivity index (χ0v) is 11.1. The molecule has 0 aliphatic rings. The number of alkyl halides is 3. The van der Waals surface area contributed by atoms with E-state index in [1.165, 1.54) is 6.26 Å². The summed E-state index contributed by atoms with van der Waals surface area (Å²) >= 11 is 0. The van der Waals surface area contributed by atoms with E-state index in [2.05, 4.69) is 9.17 Å². The number of benzene rings is 1. The van der Waals surface area contributed by atoms with Crippen molar-refractivity contribution in [2.45, 2.75) is 12.4 Å². The Morgan fingerprint density at radius 3 is 2.43 bits per heavy atom. The molecule has 0 fully saturated rings. The summed E-state index contributed by atoms with van der Waals surface area (Å²) in [6, 6.07) is 2.71. The van der Waals surface area contributed by atoms with Gasteiger partial charge in [0.2, 0.25) is 0 Å². The largest absolute Gasteiger partial charge is 0.534 e. The molecule has 10 heteroatoms. The van der Waals surface area contributed by atoms with Crippen LogP contribution in [-0.4, -0.2) is 18.9 Å². The summed E-state index contributed by atoms with van der Waals surface area (Å²) in [6.07, 6.45) is 1.22. The first-order valence-electron chi connectivity index (χ1n) is 5.33. The van der Waals surface area contributed by atoms with Gasteiger partial charge < -0.3 is 8.60 Å². The average Bonchev–Trinajstić information content (AvgIpc) is 2.77. The van der Waals surface area contributed by atoms with E-state index in [-0.39, 0.29) is 11.3 Å². The number of halogens is 4. The van der Waals surface area contributed by atoms with Crippen molar-refractivity contribution in [2.75, 3.05) is 0 Å². The molecule has 0 unspecified atom stereocenters. The first-order valence-corrected chi connectivity index (χ1v) is 6.74. The second-order valence-corrected chi connectivity index (χ2v) is 5.42. The molecule has 0 amide bonds. The first kappa shape index (κ1) is 15.3. The van der Waals surface area contributed by atoms with E-state index < -0.39 is 27.2 Å². The lowest BCUT2D eigenvalue weighted by Crippen LogP contribution is -2.28. The summed E-state index contributed by atoms with van der Waals surface area (Å²) in [5, 5.41) is 0. The lowest BCUT2D eigenvalue weighted by atomic mass is 10.1. The molecular weight excluding hydrogens is 318 g/mol. The molecule has 0 saturated carbocycles. The normalized spacial score (nSPS) is 12.4. The minimum absolute atomic E-state index is 0.195. The number of rotatable bonds is 3. The zero-order chi connectivity index (χ0) is 15.8. The molecule has 0 aliphatic carbocycles. The Morgan fingerprint density at radius 1 is 1.29 bits per heavy atom. The highest BCUT2D eigenvalue weighted by Crippen LogP contribution is 2.30. The van der Waals surface area contributed by atoms with Gasteiger partial charge in [0.1, 0.15) is 12.0 Å². The van der Waals surface area contributed by atoms with Crippen LogP contribution >= 0.6 is 0 Å². The third kappa shape index (κ3) is 3.15. The highest BCUT2D eigenvalue weighted by molar-refractivity contribution is 7.88. The monoisotopic (exact) mass is 325 g/mol. The number of hydrogen-bond donors (Lipinski definition) is 0. The molecule has 5 nitrogen and oxygen atoms in total. The van der Waals surface area contributed by atoms with E-state index in [1.807, 2.05) is 0 Å². The highest BCUT2D eigenvalue weighted by Gasteiger charge is 2.48. The van der Waals surface area contributed by atoms with Crippen LogP contribution in [0, 0.1) is 12.7 Å². The van der Waals surface area contributed by atoms with Crippen molar-refractivity contribution in [1.29, 1.82) is 0 Å². The van der Waals surface area contributed by atoms with Crippen molar-refractivity contribution in [3.63, 3.8) is 0 Å². The Balaban J connectivity index is 2.33. The van der Waals surface area contributed by atoms with Crippen LogP contribution in [0.5, 0.6) is 5.75 Å². The second-order valence-electron chi connectivity index (χ2n) is 3.88. The van der Waals surface area contributed by atoms with Gasteiger partial charge in [-0.2, -0.15) is 21.6 Å². The summed E-state index contributed by atoms with van der Waals surface area (Å²) in [7, 11) is -5.92. The molecule has 1 aromatic heterocycles. The van der Waals surface area contributed by atoms with Gasteiger partial charge in [-0.15, -0.1) is 0 Å². The van der Waals surface area contributed by atoms with Crippen LogP contribution in [0.1, 0.15) is 5.89 Å². The van der Waals surface area contributed by atoms with Crippen molar-refractivity contribution in [3.8, 4) is 17.0 Å². The summed E-state index contributed by atoms with van der Waals surface area (Å²) in [5.41, 5.74) is -5.20. The zero-order valence-electron chi connectivity index (χ0n) is 10.3. The maximum atomic E-state index is 13.6. The van der Waals surface area contributed by atoms with Crippen LogP contribution in [0.2, 0.25) is 0 Å². The van der Waals surface area contributed by atoms with E-state index in [9.17, 15) is 26.0 Å². The fourth-order valence-electron chi connectivity index (χ4n) is 1.39. The van der Waals surface area contributed by atoms with Gasteiger partial charge in [0, 0.05) is 12.5 Å². The van der Waals surface area contributed by atoms with E-state index in [1.54, 1.807) is 6.92 Å². The fourth-order valence-corrected chi connectivity index (χ4v) is 1.86. The van der Waals surface area contributed by atoms with Crippen LogP contribution < -0.4 is 4.18 Å². The summed E-state index contributed by atoms with van der Waals surface area (Å²) in [4.78, 5) is 3.89. The van der Waals surface area contributed by atoms with E-state index >= 15 is 0 Å². The molecule has 0 spiro atoms. The lowest BCUT2D eigenvalue weighted by molar-refractivity contribution is -0.0500. The van der Waals surface area contributed by atoms with Crippen LogP contribution in [0.3, 0.4) is 0 Å². The maximum Gasteiger partial charge on any atom is 0.534 e. The Labute approximate surface area is 116 Å². The SMILES string of the molecule is Cc1nc(-c2ccc(OS(=O)(=O)C(F)(F)F)c(F)c2)co1. The second kappa shape index (κ2) is 5.02. The smallest absolute Gasteiger partial charge is 0.449 e. The molecule has 1 heterocycles. The number of hydrogen-bond acceptors (Lipinski definition) is 5. The quantitative estimate of drug-likeness (QED) is 0.493. The van der Waals surface area contributed by atoms with Gasteiger partial charge in [-0.25, -0.2) is 9.37 Å². The number of aromatic nitrogens is 1. The lowest BCUT2D eigenvalue weighted by Gasteiger charge is -2.10. The predicted molar refractivity (Wildman–Crippen MR) is 62.2 cm³/mol. The summed E-state index contributed by atoms with van der Waals surface area (Å²) < 4.78 is 80.3. The molecule has 21 heavy (non-hydrogen) atoms. The number of aryl methyl sites for hydroxylation is 1. The molecule has 0 bridgehead atoms. The van der Waals surface area contributed by atoms with E-state index in [0.29, 0.717) is 5.89 Å². The maximum absolute atomic E-state index is 13.6. The summed E-state index contributed by atoms with van der Waals surface area (Å²) in [6.45, 7) is 1.55. The molecule has 2 aromatic rings. The third-order valence-electron chi connectivity index (χ3n) is 2.33. The molecule has 0 aliphatic heterocycles. The molecule has 0 saturated heterocycles. The summed E-state index contributed by atoms with van der Waals surface area (Å²) in [5.74, 6) is -2.03. The van der Waals surface area contributed by atoms with Gasteiger partial charge in [-0.3, -0.25) is 0 Å². The molecule has 1 aromatic carbocycles. The topological polar surface area (TPSA) is 69.4 Å². The van der Waals surface area contributed by atoms with Crippen molar-refractivity contribution >= 4 is 10.1 Å². The van der Waals surface area contributed by atoms with Crippen molar-refractivity contribution in [2.24, 2.45) is 0 Å². The number of oxazole rings is 1. The van der Waals surface area contributed by atoms with Crippen molar-refractivity contribution in [1.82, 2.24) is 4.98 Å². The first-order chi connectivity index (χ1) is 9.60. The molecular formula is C11H7F4NO4S. The fraction of sp³-hybridized carbons (Fsp3) is 0.182.